The number of amides is 3. The van der Waals surface area contributed by atoms with Crippen LogP contribution in [0.2, 0.25) is 0 Å². The summed E-state index contributed by atoms with van der Waals surface area (Å²) in [5, 5.41) is 4.89. The molecule has 2 aromatic carbocycles. The van der Waals surface area contributed by atoms with Gasteiger partial charge in [0.05, 0.1) is 32.9 Å². The number of ether oxygens (including phenoxy) is 3. The Morgan fingerprint density at radius 2 is 1.67 bits per heavy atom. The van der Waals surface area contributed by atoms with Crippen molar-refractivity contribution < 1.29 is 28.6 Å². The van der Waals surface area contributed by atoms with Crippen LogP contribution in [0.15, 0.2) is 53.9 Å². The van der Waals surface area contributed by atoms with E-state index in [0.717, 1.165) is 16.0 Å². The van der Waals surface area contributed by atoms with Crippen LogP contribution in [0.1, 0.15) is 47.1 Å². The van der Waals surface area contributed by atoms with Gasteiger partial charge in [-0.3, -0.25) is 4.79 Å². The SMILES string of the molecule is CCOC(=O)c1ccc(NC(=O)N(CC(=O)N(CCc2ccc(OC)c(OC)c2)Cc2sccc2C)CC(C)C)cc1. The minimum absolute atomic E-state index is 0.0682. The molecule has 0 bridgehead atoms. The second-order valence-corrected chi connectivity index (χ2v) is 11.3. The van der Waals surface area contributed by atoms with Crippen LogP contribution in [0, 0.1) is 12.8 Å². The number of hydrogen-bond donors (Lipinski definition) is 1. The molecule has 9 nitrogen and oxygen atoms in total. The van der Waals surface area contributed by atoms with Crippen molar-refractivity contribution in [2.24, 2.45) is 5.92 Å². The van der Waals surface area contributed by atoms with E-state index >= 15 is 0 Å². The first-order chi connectivity index (χ1) is 20.1. The number of rotatable bonds is 14. The molecule has 0 aliphatic rings. The van der Waals surface area contributed by atoms with Gasteiger partial charge in [-0.15, -0.1) is 11.3 Å². The van der Waals surface area contributed by atoms with E-state index in [1.807, 2.05) is 55.3 Å². The molecule has 0 fully saturated rings. The van der Waals surface area contributed by atoms with Gasteiger partial charge in [-0.2, -0.15) is 0 Å². The van der Waals surface area contributed by atoms with Crippen molar-refractivity contribution >= 4 is 34.9 Å². The van der Waals surface area contributed by atoms with Crippen molar-refractivity contribution in [3.63, 3.8) is 0 Å². The summed E-state index contributed by atoms with van der Waals surface area (Å²) < 4.78 is 15.8. The number of carbonyl (C=O) groups is 3. The molecule has 3 amide bonds. The van der Waals surface area contributed by atoms with E-state index in [1.165, 1.54) is 4.90 Å². The van der Waals surface area contributed by atoms with E-state index in [0.29, 0.717) is 48.8 Å². The lowest BCUT2D eigenvalue weighted by Crippen LogP contribution is -2.46. The van der Waals surface area contributed by atoms with Crippen molar-refractivity contribution in [3.8, 4) is 11.5 Å². The molecular weight excluding hydrogens is 554 g/mol. The van der Waals surface area contributed by atoms with Gasteiger partial charge < -0.3 is 29.3 Å². The number of hydrogen-bond acceptors (Lipinski definition) is 7. The average molecular weight is 596 g/mol. The summed E-state index contributed by atoms with van der Waals surface area (Å²) in [7, 11) is 3.19. The number of methoxy groups -OCH3 is 2. The summed E-state index contributed by atoms with van der Waals surface area (Å²) in [5.41, 5.74) is 3.06. The molecule has 0 aliphatic carbocycles. The van der Waals surface area contributed by atoms with Crippen LogP contribution in [-0.2, 0) is 22.5 Å². The molecule has 1 N–H and O–H groups in total. The zero-order chi connectivity index (χ0) is 30.6. The smallest absolute Gasteiger partial charge is 0.338 e. The summed E-state index contributed by atoms with van der Waals surface area (Å²) in [4.78, 5) is 43.5. The van der Waals surface area contributed by atoms with Gasteiger partial charge in [0.1, 0.15) is 6.54 Å². The van der Waals surface area contributed by atoms with Gasteiger partial charge in [-0.25, -0.2) is 9.59 Å². The normalized spacial score (nSPS) is 10.7. The highest BCUT2D eigenvalue weighted by Crippen LogP contribution is 2.28. The summed E-state index contributed by atoms with van der Waals surface area (Å²) in [6.07, 6.45) is 0.611. The Bertz CT molecular complexity index is 1340. The maximum Gasteiger partial charge on any atom is 0.338 e. The maximum atomic E-state index is 13.8. The van der Waals surface area contributed by atoms with Crippen LogP contribution < -0.4 is 14.8 Å². The lowest BCUT2D eigenvalue weighted by molar-refractivity contribution is -0.132. The molecular formula is C32H41N3O6S. The number of urea groups is 1. The number of carbonyl (C=O) groups excluding carboxylic acids is 3. The van der Waals surface area contributed by atoms with Crippen LogP contribution >= 0.6 is 11.3 Å². The van der Waals surface area contributed by atoms with Crippen molar-refractivity contribution in [3.05, 3.63) is 75.5 Å². The fourth-order valence-corrected chi connectivity index (χ4v) is 5.28. The Labute approximate surface area is 252 Å². The second-order valence-electron chi connectivity index (χ2n) is 10.3. The van der Waals surface area contributed by atoms with E-state index in [-0.39, 0.29) is 31.0 Å². The van der Waals surface area contributed by atoms with Gasteiger partial charge in [0.15, 0.2) is 11.5 Å². The predicted molar refractivity (Wildman–Crippen MR) is 166 cm³/mol. The third kappa shape index (κ3) is 9.24. The molecule has 42 heavy (non-hydrogen) atoms. The van der Waals surface area contributed by atoms with Crippen LogP contribution in [0.5, 0.6) is 11.5 Å². The Balaban J connectivity index is 1.75. The molecule has 0 atom stereocenters. The fraction of sp³-hybridized carbons (Fsp3) is 0.406. The number of nitrogens with one attached hydrogen (secondary N) is 1. The minimum Gasteiger partial charge on any atom is -0.493 e. The molecule has 226 valence electrons. The highest BCUT2D eigenvalue weighted by Gasteiger charge is 2.23. The number of benzene rings is 2. The molecule has 0 radical (unpaired) electrons. The standard InChI is InChI=1S/C32H41N3O6S/c1-7-41-31(37)25-9-11-26(12-10-25)33-32(38)35(19-22(2)3)21-30(36)34(20-29-23(4)15-17-42-29)16-14-24-8-13-27(39-5)28(18-24)40-6/h8-13,15,17-18,22H,7,14,16,19-21H2,1-6H3,(H,33,38). The highest BCUT2D eigenvalue weighted by molar-refractivity contribution is 7.10. The van der Waals surface area contributed by atoms with E-state index < -0.39 is 5.97 Å². The lowest BCUT2D eigenvalue weighted by Gasteiger charge is -2.29. The highest BCUT2D eigenvalue weighted by atomic mass is 32.1. The summed E-state index contributed by atoms with van der Waals surface area (Å²) in [6, 6.07) is 13.9. The number of esters is 1. The van der Waals surface area contributed by atoms with Crippen molar-refractivity contribution in [1.82, 2.24) is 9.80 Å². The summed E-state index contributed by atoms with van der Waals surface area (Å²) >= 11 is 1.62. The first kappa shape index (κ1) is 32.5. The van der Waals surface area contributed by atoms with Crippen molar-refractivity contribution in [1.29, 1.82) is 0 Å². The van der Waals surface area contributed by atoms with E-state index in [4.69, 9.17) is 14.2 Å². The zero-order valence-electron chi connectivity index (χ0n) is 25.3. The van der Waals surface area contributed by atoms with Gasteiger partial charge in [-0.1, -0.05) is 19.9 Å². The number of nitrogens with zero attached hydrogens (tertiary/aromatic N) is 2. The van der Waals surface area contributed by atoms with Crippen LogP contribution in [0.25, 0.3) is 0 Å². The summed E-state index contributed by atoms with van der Waals surface area (Å²) in [5.74, 6) is 0.870. The van der Waals surface area contributed by atoms with E-state index in [9.17, 15) is 14.4 Å². The van der Waals surface area contributed by atoms with Crippen molar-refractivity contribution in [2.45, 2.75) is 40.7 Å². The van der Waals surface area contributed by atoms with Gasteiger partial charge in [0, 0.05) is 23.7 Å². The molecule has 10 heteroatoms. The van der Waals surface area contributed by atoms with Gasteiger partial charge in [-0.05, 0) is 85.2 Å². The largest absolute Gasteiger partial charge is 0.493 e. The van der Waals surface area contributed by atoms with Gasteiger partial charge in [0.25, 0.3) is 0 Å². The molecule has 1 heterocycles. The first-order valence-electron chi connectivity index (χ1n) is 14.0. The molecule has 1 aromatic heterocycles. The number of thiophene rings is 1. The Hall–Kier alpha value is -4.05. The molecule has 0 unspecified atom stereocenters. The minimum atomic E-state index is -0.420. The lowest BCUT2D eigenvalue weighted by atomic mass is 10.1. The molecule has 0 spiro atoms. The Kier molecular flexibility index (Phi) is 12.2. The molecule has 0 saturated heterocycles. The van der Waals surface area contributed by atoms with Gasteiger partial charge >= 0.3 is 12.0 Å². The number of anilines is 1. The topological polar surface area (TPSA) is 97.4 Å². The zero-order valence-corrected chi connectivity index (χ0v) is 26.1. The monoisotopic (exact) mass is 595 g/mol. The molecule has 0 aliphatic heterocycles. The van der Waals surface area contributed by atoms with Crippen LogP contribution in [-0.4, -0.2) is 68.2 Å². The summed E-state index contributed by atoms with van der Waals surface area (Å²) in [6.45, 7) is 9.34. The van der Waals surface area contributed by atoms with Crippen molar-refractivity contribution in [2.75, 3.05) is 45.8 Å². The first-order valence-corrected chi connectivity index (χ1v) is 14.9. The number of aryl methyl sites for hydroxylation is 1. The molecule has 3 aromatic rings. The van der Waals surface area contributed by atoms with E-state index in [2.05, 4.69) is 5.32 Å². The molecule has 0 saturated carbocycles. The molecule has 3 rings (SSSR count). The average Bonchev–Trinajstić information content (AvgIpc) is 3.38. The van der Waals surface area contributed by atoms with Crippen LogP contribution in [0.3, 0.4) is 0 Å². The quantitative estimate of drug-likeness (QED) is 0.229. The van der Waals surface area contributed by atoms with Gasteiger partial charge in [0.2, 0.25) is 5.91 Å². The van der Waals surface area contributed by atoms with E-state index in [1.54, 1.807) is 56.7 Å². The van der Waals surface area contributed by atoms with Crippen LogP contribution in [0.4, 0.5) is 10.5 Å². The Morgan fingerprint density at radius 1 is 0.952 bits per heavy atom. The third-order valence-electron chi connectivity index (χ3n) is 6.62. The maximum absolute atomic E-state index is 13.8. The predicted octanol–water partition coefficient (Wildman–Crippen LogP) is 6.01. The second kappa shape index (κ2) is 15.8. The Morgan fingerprint density at radius 3 is 2.26 bits per heavy atom. The third-order valence-corrected chi connectivity index (χ3v) is 7.63. The fourth-order valence-electron chi connectivity index (χ4n) is 4.36.